The number of rotatable bonds is 4. The van der Waals surface area contributed by atoms with E-state index in [1.165, 1.54) is 0 Å². The Bertz CT molecular complexity index is 482. The molecule has 2 aromatic rings. The van der Waals surface area contributed by atoms with Crippen LogP contribution in [-0.2, 0) is 6.42 Å². The van der Waals surface area contributed by atoms with Gasteiger partial charge in [-0.3, -0.25) is 0 Å². The average Bonchev–Trinajstić information content (AvgIpc) is 2.83. The lowest BCUT2D eigenvalue weighted by molar-refractivity contribution is 0.181. The van der Waals surface area contributed by atoms with Crippen molar-refractivity contribution in [2.24, 2.45) is 0 Å². The van der Waals surface area contributed by atoms with Crippen LogP contribution < -0.4 is 4.74 Å². The number of aliphatic hydroxyl groups excluding tert-OH is 1. The third-order valence-electron chi connectivity index (χ3n) is 2.53. The Labute approximate surface area is 113 Å². The van der Waals surface area contributed by atoms with Gasteiger partial charge in [-0.2, -0.15) is 0 Å². The molecule has 0 amide bonds. The van der Waals surface area contributed by atoms with Gasteiger partial charge in [0.1, 0.15) is 5.75 Å². The summed E-state index contributed by atoms with van der Waals surface area (Å²) in [6.07, 6.45) is 0.0848. The first-order valence-corrected chi connectivity index (χ1v) is 6.92. The number of benzene rings is 1. The van der Waals surface area contributed by atoms with E-state index in [-0.39, 0.29) is 0 Å². The highest BCUT2D eigenvalue weighted by atomic mass is 79.9. The largest absolute Gasteiger partial charge is 0.496 e. The summed E-state index contributed by atoms with van der Waals surface area (Å²) >= 11 is 4.99. The van der Waals surface area contributed by atoms with Crippen LogP contribution in [0.4, 0.5) is 0 Å². The van der Waals surface area contributed by atoms with E-state index in [1.54, 1.807) is 18.4 Å². The maximum atomic E-state index is 10.1. The highest BCUT2D eigenvalue weighted by Gasteiger charge is 2.13. The molecule has 0 aliphatic heterocycles. The molecular formula is C13H13BrO2S. The zero-order chi connectivity index (χ0) is 12.3. The normalized spacial score (nSPS) is 12.4. The lowest BCUT2D eigenvalue weighted by Gasteiger charge is -2.12. The number of hydrogen-bond donors (Lipinski definition) is 1. The molecule has 4 heteroatoms. The fraction of sp³-hybridized carbons (Fsp3) is 0.231. The van der Waals surface area contributed by atoms with Crippen molar-refractivity contribution in [2.45, 2.75) is 12.5 Å². The molecule has 0 bridgehead atoms. The van der Waals surface area contributed by atoms with E-state index in [0.29, 0.717) is 6.42 Å². The number of halogens is 1. The van der Waals surface area contributed by atoms with Crippen LogP contribution in [0.15, 0.2) is 40.2 Å². The Morgan fingerprint density at radius 1 is 1.41 bits per heavy atom. The third kappa shape index (κ3) is 3.09. The van der Waals surface area contributed by atoms with Crippen LogP contribution in [-0.4, -0.2) is 12.2 Å². The van der Waals surface area contributed by atoms with E-state index in [1.807, 2.05) is 35.7 Å². The van der Waals surface area contributed by atoms with Crippen LogP contribution in [0.25, 0.3) is 0 Å². The van der Waals surface area contributed by atoms with E-state index in [2.05, 4.69) is 15.9 Å². The summed E-state index contributed by atoms with van der Waals surface area (Å²) in [5.74, 6) is 0.809. The molecule has 2 nitrogen and oxygen atoms in total. The molecule has 0 saturated carbocycles. The van der Waals surface area contributed by atoms with E-state index in [0.717, 1.165) is 20.7 Å². The fourth-order valence-corrected chi connectivity index (χ4v) is 2.82. The minimum atomic E-state index is -0.474. The summed E-state index contributed by atoms with van der Waals surface area (Å²) in [6, 6.07) is 9.71. The van der Waals surface area contributed by atoms with Gasteiger partial charge in [-0.05, 0) is 35.2 Å². The summed E-state index contributed by atoms with van der Waals surface area (Å²) < 4.78 is 6.28. The van der Waals surface area contributed by atoms with Gasteiger partial charge in [0.2, 0.25) is 0 Å². The van der Waals surface area contributed by atoms with E-state index in [4.69, 9.17) is 4.74 Å². The second-order valence-electron chi connectivity index (χ2n) is 3.69. The fourth-order valence-electron chi connectivity index (χ4n) is 1.70. The molecule has 17 heavy (non-hydrogen) atoms. The summed E-state index contributed by atoms with van der Waals surface area (Å²) in [6.45, 7) is 0. The smallest absolute Gasteiger partial charge is 0.122 e. The number of thiophene rings is 1. The molecule has 1 aromatic carbocycles. The summed E-state index contributed by atoms with van der Waals surface area (Å²) in [5, 5.41) is 12.1. The van der Waals surface area contributed by atoms with Gasteiger partial charge >= 0.3 is 0 Å². The highest BCUT2D eigenvalue weighted by Crippen LogP contribution is 2.29. The molecule has 1 unspecified atom stereocenters. The first kappa shape index (κ1) is 12.6. The van der Waals surface area contributed by atoms with E-state index in [9.17, 15) is 5.11 Å². The van der Waals surface area contributed by atoms with Crippen molar-refractivity contribution >= 4 is 27.3 Å². The van der Waals surface area contributed by atoms with Crippen LogP contribution in [0.2, 0.25) is 0 Å². The molecule has 1 N–H and O–H groups in total. The molecule has 0 fully saturated rings. The molecular weight excluding hydrogens is 300 g/mol. The zero-order valence-corrected chi connectivity index (χ0v) is 11.8. The van der Waals surface area contributed by atoms with Gasteiger partial charge in [-0.15, -0.1) is 11.3 Å². The van der Waals surface area contributed by atoms with Gasteiger partial charge in [0.15, 0.2) is 0 Å². The minimum Gasteiger partial charge on any atom is -0.496 e. The maximum absolute atomic E-state index is 10.1. The van der Waals surface area contributed by atoms with Crippen molar-refractivity contribution in [3.8, 4) is 5.75 Å². The number of ether oxygens (including phenoxy) is 1. The quantitative estimate of drug-likeness (QED) is 0.930. The molecule has 0 radical (unpaired) electrons. The SMILES string of the molecule is COc1ccc(Br)cc1CC(O)c1cccs1. The van der Waals surface area contributed by atoms with Crippen LogP contribution in [0.5, 0.6) is 5.75 Å². The number of aliphatic hydroxyl groups is 1. The van der Waals surface area contributed by atoms with Crippen LogP contribution >= 0.6 is 27.3 Å². The lowest BCUT2D eigenvalue weighted by Crippen LogP contribution is -2.01. The molecule has 1 heterocycles. The Kier molecular flexibility index (Phi) is 4.20. The summed E-state index contributed by atoms with van der Waals surface area (Å²) in [4.78, 5) is 0.979. The standard InChI is InChI=1S/C13H13BrO2S/c1-16-12-5-4-10(14)7-9(12)8-11(15)13-3-2-6-17-13/h2-7,11,15H,8H2,1H3. The Morgan fingerprint density at radius 2 is 2.24 bits per heavy atom. The van der Waals surface area contributed by atoms with Gasteiger partial charge < -0.3 is 9.84 Å². The molecule has 0 aliphatic rings. The van der Waals surface area contributed by atoms with Gasteiger partial charge in [-0.25, -0.2) is 0 Å². The molecule has 2 rings (SSSR count). The molecule has 90 valence electrons. The Balaban J connectivity index is 2.20. The maximum Gasteiger partial charge on any atom is 0.122 e. The first-order chi connectivity index (χ1) is 8.20. The Hall–Kier alpha value is -0.840. The third-order valence-corrected chi connectivity index (χ3v) is 3.99. The van der Waals surface area contributed by atoms with E-state index < -0.39 is 6.10 Å². The van der Waals surface area contributed by atoms with Gasteiger partial charge in [-0.1, -0.05) is 22.0 Å². The average molecular weight is 313 g/mol. The second kappa shape index (κ2) is 5.67. The van der Waals surface area contributed by atoms with Crippen LogP contribution in [0, 0.1) is 0 Å². The van der Waals surface area contributed by atoms with Crippen molar-refractivity contribution in [3.63, 3.8) is 0 Å². The lowest BCUT2D eigenvalue weighted by atomic mass is 10.1. The predicted molar refractivity (Wildman–Crippen MR) is 73.7 cm³/mol. The van der Waals surface area contributed by atoms with Crippen LogP contribution in [0.1, 0.15) is 16.5 Å². The van der Waals surface area contributed by atoms with Gasteiger partial charge in [0, 0.05) is 15.8 Å². The molecule has 1 aromatic heterocycles. The van der Waals surface area contributed by atoms with Crippen molar-refractivity contribution in [1.82, 2.24) is 0 Å². The monoisotopic (exact) mass is 312 g/mol. The van der Waals surface area contributed by atoms with Crippen molar-refractivity contribution in [2.75, 3.05) is 7.11 Å². The highest BCUT2D eigenvalue weighted by molar-refractivity contribution is 9.10. The van der Waals surface area contributed by atoms with Crippen molar-refractivity contribution < 1.29 is 9.84 Å². The second-order valence-corrected chi connectivity index (χ2v) is 5.59. The number of hydrogen-bond acceptors (Lipinski definition) is 3. The molecule has 0 spiro atoms. The predicted octanol–water partition coefficient (Wildman–Crippen LogP) is 3.80. The Morgan fingerprint density at radius 3 is 2.88 bits per heavy atom. The van der Waals surface area contributed by atoms with Crippen molar-refractivity contribution in [1.29, 1.82) is 0 Å². The number of methoxy groups -OCH3 is 1. The minimum absolute atomic E-state index is 0.474. The van der Waals surface area contributed by atoms with Gasteiger partial charge in [0.25, 0.3) is 0 Å². The molecule has 0 aliphatic carbocycles. The molecule has 1 atom stereocenters. The molecule has 0 saturated heterocycles. The van der Waals surface area contributed by atoms with E-state index >= 15 is 0 Å². The zero-order valence-electron chi connectivity index (χ0n) is 9.39. The van der Waals surface area contributed by atoms with Crippen molar-refractivity contribution in [3.05, 3.63) is 50.6 Å². The van der Waals surface area contributed by atoms with Gasteiger partial charge in [0.05, 0.1) is 13.2 Å². The summed E-state index contributed by atoms with van der Waals surface area (Å²) in [5.41, 5.74) is 1.00. The summed E-state index contributed by atoms with van der Waals surface area (Å²) in [7, 11) is 1.64. The topological polar surface area (TPSA) is 29.5 Å². The van der Waals surface area contributed by atoms with Crippen LogP contribution in [0.3, 0.4) is 0 Å². The first-order valence-electron chi connectivity index (χ1n) is 5.24.